The summed E-state index contributed by atoms with van der Waals surface area (Å²) in [6.07, 6.45) is 5.31. The third kappa shape index (κ3) is 47.2. The SMILES string of the molecule is CC(C)CCCC(C)(C)C.CC(C)OCCOC(C)C.CC(C)OCOC(C)C. The van der Waals surface area contributed by atoms with Crippen LogP contribution in [-0.2, 0) is 18.9 Å². The lowest BCUT2D eigenvalue weighted by Crippen LogP contribution is -2.12. The molecule has 0 saturated heterocycles. The zero-order chi connectivity index (χ0) is 23.5. The van der Waals surface area contributed by atoms with Gasteiger partial charge in [0.05, 0.1) is 37.6 Å². The molecule has 0 fully saturated rings. The number of rotatable bonds is 12. The van der Waals surface area contributed by atoms with Crippen LogP contribution in [0.2, 0.25) is 0 Å². The minimum atomic E-state index is 0.267. The van der Waals surface area contributed by atoms with Crippen LogP contribution < -0.4 is 0 Å². The second-order valence-corrected chi connectivity index (χ2v) is 10.2. The first-order valence-corrected chi connectivity index (χ1v) is 11.6. The smallest absolute Gasteiger partial charge is 0.147 e. The molecule has 0 aromatic rings. The van der Waals surface area contributed by atoms with Crippen molar-refractivity contribution < 1.29 is 18.9 Å². The largest absolute Gasteiger partial charge is 0.376 e. The summed E-state index contributed by atoms with van der Waals surface area (Å²) in [7, 11) is 0. The fourth-order valence-electron chi connectivity index (χ4n) is 1.92. The maximum Gasteiger partial charge on any atom is 0.147 e. The molecule has 0 aliphatic carbocycles. The zero-order valence-electron chi connectivity index (χ0n) is 22.3. The van der Waals surface area contributed by atoms with E-state index >= 15 is 0 Å². The van der Waals surface area contributed by atoms with Crippen molar-refractivity contribution in [1.29, 1.82) is 0 Å². The molecule has 180 valence electrons. The lowest BCUT2D eigenvalue weighted by atomic mass is 9.88. The Morgan fingerprint density at radius 1 is 0.552 bits per heavy atom. The molecule has 0 amide bonds. The van der Waals surface area contributed by atoms with Gasteiger partial charge in [-0.05, 0) is 73.1 Å². The van der Waals surface area contributed by atoms with Gasteiger partial charge in [0, 0.05) is 0 Å². The quantitative estimate of drug-likeness (QED) is 0.242. The minimum Gasteiger partial charge on any atom is -0.376 e. The van der Waals surface area contributed by atoms with E-state index in [9.17, 15) is 0 Å². The van der Waals surface area contributed by atoms with Gasteiger partial charge in [-0.1, -0.05) is 47.5 Å². The van der Waals surface area contributed by atoms with Crippen molar-refractivity contribution in [3.8, 4) is 0 Å². The highest BCUT2D eigenvalue weighted by Gasteiger charge is 2.09. The Hall–Kier alpha value is -0.160. The summed E-state index contributed by atoms with van der Waals surface area (Å²) in [6, 6.07) is 0. The van der Waals surface area contributed by atoms with E-state index in [1.54, 1.807) is 0 Å². The second kappa shape index (κ2) is 21.1. The molecule has 0 bridgehead atoms. The average molecular weight is 421 g/mol. The van der Waals surface area contributed by atoms with Gasteiger partial charge in [0.15, 0.2) is 0 Å². The van der Waals surface area contributed by atoms with Gasteiger partial charge in [-0.3, -0.25) is 0 Å². The van der Waals surface area contributed by atoms with Crippen LogP contribution >= 0.6 is 0 Å². The molecular weight excluding hydrogens is 364 g/mol. The second-order valence-electron chi connectivity index (χ2n) is 10.2. The predicted molar refractivity (Wildman–Crippen MR) is 128 cm³/mol. The van der Waals surface area contributed by atoms with Gasteiger partial charge >= 0.3 is 0 Å². The van der Waals surface area contributed by atoms with Crippen molar-refractivity contribution >= 4 is 0 Å². The van der Waals surface area contributed by atoms with E-state index in [0.717, 1.165) is 5.92 Å². The predicted octanol–water partition coefficient (Wildman–Crippen LogP) is 7.49. The maximum atomic E-state index is 5.27. The fourth-order valence-corrected chi connectivity index (χ4v) is 1.92. The molecule has 4 heteroatoms. The Balaban J connectivity index is -0.000000350. The van der Waals surface area contributed by atoms with E-state index in [0.29, 0.717) is 37.6 Å². The highest BCUT2D eigenvalue weighted by Crippen LogP contribution is 2.22. The van der Waals surface area contributed by atoms with E-state index in [4.69, 9.17) is 18.9 Å². The molecule has 0 aromatic heterocycles. The summed E-state index contributed by atoms with van der Waals surface area (Å²) in [5.74, 6) is 0.877. The Kier molecular flexibility index (Phi) is 24.3. The summed E-state index contributed by atoms with van der Waals surface area (Å²) < 4.78 is 20.8. The van der Waals surface area contributed by atoms with Crippen LogP contribution in [0.15, 0.2) is 0 Å². The molecule has 0 aliphatic rings. The molecular formula is C25H56O4. The monoisotopic (exact) mass is 420 g/mol. The van der Waals surface area contributed by atoms with Crippen LogP contribution in [0, 0.1) is 11.3 Å². The highest BCUT2D eigenvalue weighted by atomic mass is 16.7. The first-order valence-electron chi connectivity index (χ1n) is 11.6. The zero-order valence-corrected chi connectivity index (χ0v) is 22.3. The lowest BCUT2D eigenvalue weighted by molar-refractivity contribution is -0.0994. The Morgan fingerprint density at radius 3 is 1.14 bits per heavy atom. The van der Waals surface area contributed by atoms with E-state index in [1.807, 2.05) is 55.4 Å². The van der Waals surface area contributed by atoms with Crippen molar-refractivity contribution in [3.05, 3.63) is 0 Å². The molecule has 0 saturated carbocycles. The van der Waals surface area contributed by atoms with Crippen LogP contribution in [0.4, 0.5) is 0 Å². The third-order valence-electron chi connectivity index (χ3n) is 3.50. The molecule has 0 heterocycles. The molecule has 29 heavy (non-hydrogen) atoms. The van der Waals surface area contributed by atoms with Gasteiger partial charge in [0.2, 0.25) is 0 Å². The number of hydrogen-bond acceptors (Lipinski definition) is 4. The van der Waals surface area contributed by atoms with Gasteiger partial charge in [-0.2, -0.15) is 0 Å². The lowest BCUT2D eigenvalue weighted by Gasteiger charge is -2.18. The summed E-state index contributed by atoms with van der Waals surface area (Å²) in [5, 5.41) is 0. The molecule has 0 radical (unpaired) electrons. The fraction of sp³-hybridized carbons (Fsp3) is 1.00. The van der Waals surface area contributed by atoms with E-state index < -0.39 is 0 Å². The van der Waals surface area contributed by atoms with Crippen molar-refractivity contribution in [2.24, 2.45) is 11.3 Å². The van der Waals surface area contributed by atoms with Gasteiger partial charge in [-0.15, -0.1) is 0 Å². The topological polar surface area (TPSA) is 36.9 Å². The van der Waals surface area contributed by atoms with Gasteiger partial charge < -0.3 is 18.9 Å². The molecule has 0 aromatic carbocycles. The van der Waals surface area contributed by atoms with Crippen molar-refractivity contribution in [1.82, 2.24) is 0 Å². The molecule has 0 N–H and O–H groups in total. The highest BCUT2D eigenvalue weighted by molar-refractivity contribution is 4.61. The Labute approximate surface area is 184 Å². The van der Waals surface area contributed by atoms with Crippen LogP contribution in [0.5, 0.6) is 0 Å². The van der Waals surface area contributed by atoms with Gasteiger partial charge in [-0.25, -0.2) is 0 Å². The van der Waals surface area contributed by atoms with Gasteiger partial charge in [0.1, 0.15) is 6.79 Å². The molecule has 0 spiro atoms. The summed E-state index contributed by atoms with van der Waals surface area (Å²) >= 11 is 0. The Bertz CT molecular complexity index is 286. The van der Waals surface area contributed by atoms with Crippen LogP contribution in [0.25, 0.3) is 0 Å². The van der Waals surface area contributed by atoms with E-state index in [2.05, 4.69) is 34.6 Å². The molecule has 0 unspecified atom stereocenters. The Morgan fingerprint density at radius 2 is 0.897 bits per heavy atom. The van der Waals surface area contributed by atoms with Crippen LogP contribution in [0.3, 0.4) is 0 Å². The number of hydrogen-bond donors (Lipinski definition) is 0. The van der Waals surface area contributed by atoms with Crippen molar-refractivity contribution in [2.75, 3.05) is 20.0 Å². The third-order valence-corrected chi connectivity index (χ3v) is 3.50. The minimum absolute atomic E-state index is 0.267. The molecule has 4 nitrogen and oxygen atoms in total. The van der Waals surface area contributed by atoms with Crippen LogP contribution in [-0.4, -0.2) is 44.4 Å². The summed E-state index contributed by atoms with van der Waals surface area (Å²) in [5.41, 5.74) is 0.537. The molecule has 0 aliphatic heterocycles. The van der Waals surface area contributed by atoms with E-state index in [1.165, 1.54) is 19.3 Å². The summed E-state index contributed by atoms with van der Waals surface area (Å²) in [4.78, 5) is 0. The standard InChI is InChI=1S/C10H22.C8H18O2.C7H16O2/c1-9(2)7-6-8-10(3,4)5;1-7(2)9-5-6-10-8(3)4;1-6(2)8-5-9-7(3)4/h9H,6-8H2,1-5H3;7-8H,5-6H2,1-4H3;6-7H,5H2,1-4H3. The summed E-state index contributed by atoms with van der Waals surface area (Å²) in [6.45, 7) is 29.4. The maximum absolute atomic E-state index is 5.27. The average Bonchev–Trinajstić information content (AvgIpc) is 2.50. The first-order chi connectivity index (χ1) is 13.2. The van der Waals surface area contributed by atoms with E-state index in [-0.39, 0.29) is 12.2 Å². The van der Waals surface area contributed by atoms with Crippen LogP contribution in [0.1, 0.15) is 109 Å². The van der Waals surface area contributed by atoms with Crippen molar-refractivity contribution in [3.63, 3.8) is 0 Å². The van der Waals surface area contributed by atoms with Gasteiger partial charge in [0.25, 0.3) is 0 Å². The number of ether oxygens (including phenoxy) is 4. The first kappa shape index (κ1) is 33.5. The van der Waals surface area contributed by atoms with Crippen molar-refractivity contribution in [2.45, 2.75) is 134 Å². The molecule has 0 atom stereocenters. The molecule has 0 rings (SSSR count). The normalized spacial score (nSPS) is 11.8.